The number of aliphatic hydroxyl groups excluding tert-OH is 1. The van der Waals surface area contributed by atoms with E-state index < -0.39 is 30.0 Å². The first-order chi connectivity index (χ1) is 19.3. The van der Waals surface area contributed by atoms with E-state index in [2.05, 4.69) is 10.6 Å². The summed E-state index contributed by atoms with van der Waals surface area (Å²) in [5.74, 6) is -4.24. The summed E-state index contributed by atoms with van der Waals surface area (Å²) in [5, 5.41) is 56.9. The molecule has 0 radical (unpaired) electrons. The van der Waals surface area contributed by atoms with Gasteiger partial charge in [-0.25, -0.2) is 19.2 Å². The fraction of sp³-hybridized carbons (Fsp3) is 0.222. The van der Waals surface area contributed by atoms with Crippen LogP contribution in [0.2, 0.25) is 0 Å². The summed E-state index contributed by atoms with van der Waals surface area (Å²) in [6.07, 6.45) is 2.80. The molecule has 0 spiro atoms. The molecule has 0 bridgehead atoms. The van der Waals surface area contributed by atoms with E-state index in [1.165, 1.54) is 11.6 Å². The first kappa shape index (κ1) is 35.8. The number of anilines is 1. The molecule has 0 unspecified atom stereocenters. The lowest BCUT2D eigenvalue weighted by Crippen LogP contribution is -2.32. The number of benzene rings is 2. The summed E-state index contributed by atoms with van der Waals surface area (Å²) in [4.78, 5) is 48.7. The molecule has 0 heterocycles. The van der Waals surface area contributed by atoms with E-state index in [1.54, 1.807) is 19.2 Å². The average molecular weight is 577 g/mol. The lowest BCUT2D eigenvalue weighted by Gasteiger charge is -2.18. The molecule has 0 aromatic heterocycles. The zero-order valence-electron chi connectivity index (χ0n) is 22.1. The number of carboxylic acid groups (broad SMARTS) is 4. The number of ether oxygens (including phenoxy) is 1. The zero-order chi connectivity index (χ0) is 31.4. The standard InChI is InChI=1S/C19H24N2O4.2C4H4O4/c1-13(9-14-3-6-16(25-2)7-4-14)20-11-19(24)15-5-8-18(23)17(10-15)21-12-22;2*5-3(6)1-2-4(7)8/h3-8,10,12-13,19-20,23-24H,9,11H2,1-2H3,(H,21,22);2*1-2H,(H,5,6)(H,7,8)/b;2*2-1+/t13-,19+;;/m1../s1. The second-order valence-corrected chi connectivity index (χ2v) is 7.94. The molecule has 2 aromatic rings. The Morgan fingerprint density at radius 3 is 1.76 bits per heavy atom. The lowest BCUT2D eigenvalue weighted by molar-refractivity contribution is -0.134. The van der Waals surface area contributed by atoms with Crippen molar-refractivity contribution in [3.8, 4) is 11.5 Å². The predicted octanol–water partition coefficient (Wildman–Crippen LogP) is 1.65. The number of hydrogen-bond acceptors (Lipinski definition) is 9. The van der Waals surface area contributed by atoms with Crippen molar-refractivity contribution < 1.29 is 59.3 Å². The molecule has 0 aliphatic rings. The van der Waals surface area contributed by atoms with Gasteiger partial charge >= 0.3 is 23.9 Å². The molecule has 14 heteroatoms. The minimum absolute atomic E-state index is 0.0381. The van der Waals surface area contributed by atoms with Crippen molar-refractivity contribution in [2.75, 3.05) is 19.0 Å². The van der Waals surface area contributed by atoms with E-state index >= 15 is 0 Å². The van der Waals surface area contributed by atoms with Crippen LogP contribution in [0.25, 0.3) is 0 Å². The van der Waals surface area contributed by atoms with Gasteiger partial charge in [-0.15, -0.1) is 0 Å². The van der Waals surface area contributed by atoms with Gasteiger partial charge in [0.15, 0.2) is 0 Å². The molecule has 14 nitrogen and oxygen atoms in total. The molecule has 0 fully saturated rings. The molecule has 8 N–H and O–H groups in total. The van der Waals surface area contributed by atoms with Crippen LogP contribution >= 0.6 is 0 Å². The first-order valence-corrected chi connectivity index (χ1v) is 11.6. The number of aliphatic hydroxyl groups is 1. The smallest absolute Gasteiger partial charge is 0.328 e. The van der Waals surface area contributed by atoms with Crippen molar-refractivity contribution in [1.82, 2.24) is 5.32 Å². The number of rotatable bonds is 13. The number of amides is 1. The highest BCUT2D eigenvalue weighted by Gasteiger charge is 2.12. The molecule has 0 saturated carbocycles. The monoisotopic (exact) mass is 576 g/mol. The van der Waals surface area contributed by atoms with Gasteiger partial charge in [0.05, 0.1) is 18.9 Å². The highest BCUT2D eigenvalue weighted by molar-refractivity contribution is 5.90. The van der Waals surface area contributed by atoms with Crippen LogP contribution in [0, 0.1) is 0 Å². The quantitative estimate of drug-likeness (QED) is 0.0962. The van der Waals surface area contributed by atoms with E-state index in [0.29, 0.717) is 42.8 Å². The molecular formula is C27H32N2O12. The Morgan fingerprint density at radius 2 is 1.34 bits per heavy atom. The normalized spacial score (nSPS) is 11.7. The Labute approximate surface area is 234 Å². The van der Waals surface area contributed by atoms with Gasteiger partial charge in [0.25, 0.3) is 0 Å². The van der Waals surface area contributed by atoms with Gasteiger partial charge in [-0.1, -0.05) is 18.2 Å². The topological polar surface area (TPSA) is 240 Å². The van der Waals surface area contributed by atoms with Crippen molar-refractivity contribution in [3.05, 3.63) is 77.9 Å². The van der Waals surface area contributed by atoms with Crippen molar-refractivity contribution in [2.24, 2.45) is 0 Å². The summed E-state index contributed by atoms with van der Waals surface area (Å²) in [7, 11) is 1.64. The molecule has 1 amide bonds. The maximum atomic E-state index is 10.5. The van der Waals surface area contributed by atoms with Crippen LogP contribution in [0.5, 0.6) is 11.5 Å². The SMILES string of the molecule is COc1ccc(C[C@@H](C)NC[C@H](O)c2ccc(O)c(NC=O)c2)cc1.O=C(O)/C=C/C(=O)O.O=C(O)/C=C/C(=O)O. The molecular weight excluding hydrogens is 544 g/mol. The van der Waals surface area contributed by atoms with Crippen LogP contribution in [0.4, 0.5) is 5.69 Å². The molecule has 222 valence electrons. The second-order valence-electron chi connectivity index (χ2n) is 7.94. The number of carbonyl (C=O) groups is 5. The average Bonchev–Trinajstić information content (AvgIpc) is 2.92. The van der Waals surface area contributed by atoms with Crippen LogP contribution in [0.15, 0.2) is 66.8 Å². The van der Waals surface area contributed by atoms with Crippen LogP contribution in [0.3, 0.4) is 0 Å². The number of phenolic OH excluding ortho intramolecular Hbond substituents is 1. The van der Waals surface area contributed by atoms with Crippen LogP contribution in [-0.2, 0) is 30.4 Å². The van der Waals surface area contributed by atoms with Crippen LogP contribution in [-0.4, -0.2) is 80.6 Å². The van der Waals surface area contributed by atoms with Crippen LogP contribution in [0.1, 0.15) is 24.2 Å². The van der Waals surface area contributed by atoms with Crippen LogP contribution < -0.4 is 15.4 Å². The molecule has 0 aliphatic heterocycles. The fourth-order valence-electron chi connectivity index (χ4n) is 2.84. The fourth-order valence-corrected chi connectivity index (χ4v) is 2.84. The van der Waals surface area contributed by atoms with Gasteiger partial charge in [0, 0.05) is 36.9 Å². The maximum absolute atomic E-state index is 10.5. The van der Waals surface area contributed by atoms with Crippen molar-refractivity contribution >= 4 is 36.0 Å². The molecule has 2 aromatic carbocycles. The van der Waals surface area contributed by atoms with E-state index in [0.717, 1.165) is 12.2 Å². The molecule has 0 saturated heterocycles. The van der Waals surface area contributed by atoms with E-state index in [9.17, 15) is 34.2 Å². The number of methoxy groups -OCH3 is 1. The third kappa shape index (κ3) is 17.8. The number of phenols is 1. The van der Waals surface area contributed by atoms with Gasteiger partial charge in [0.1, 0.15) is 11.5 Å². The highest BCUT2D eigenvalue weighted by Crippen LogP contribution is 2.26. The number of carbonyl (C=O) groups excluding carboxylic acids is 1. The maximum Gasteiger partial charge on any atom is 0.328 e. The Bertz CT molecular complexity index is 1140. The van der Waals surface area contributed by atoms with Crippen molar-refractivity contribution in [1.29, 1.82) is 0 Å². The number of aromatic hydroxyl groups is 1. The highest BCUT2D eigenvalue weighted by atomic mass is 16.5. The molecule has 0 aliphatic carbocycles. The van der Waals surface area contributed by atoms with Gasteiger partial charge in [-0.2, -0.15) is 0 Å². The zero-order valence-corrected chi connectivity index (χ0v) is 22.1. The Balaban J connectivity index is 0.000000820. The Kier molecular flexibility index (Phi) is 17.3. The summed E-state index contributed by atoms with van der Waals surface area (Å²) in [6, 6.07) is 12.7. The predicted molar refractivity (Wildman–Crippen MR) is 146 cm³/mol. The summed E-state index contributed by atoms with van der Waals surface area (Å²) in [5.41, 5.74) is 2.07. The third-order valence-electron chi connectivity index (χ3n) is 4.72. The van der Waals surface area contributed by atoms with Gasteiger partial charge in [0.2, 0.25) is 6.41 Å². The van der Waals surface area contributed by atoms with Gasteiger partial charge < -0.3 is 46.0 Å². The largest absolute Gasteiger partial charge is 0.506 e. The number of carboxylic acids is 4. The summed E-state index contributed by atoms with van der Waals surface area (Å²) < 4.78 is 5.14. The second kappa shape index (κ2) is 19.8. The van der Waals surface area contributed by atoms with Crippen molar-refractivity contribution in [2.45, 2.75) is 25.5 Å². The van der Waals surface area contributed by atoms with E-state index in [4.69, 9.17) is 25.2 Å². The van der Waals surface area contributed by atoms with Gasteiger partial charge in [-0.3, -0.25) is 4.79 Å². The first-order valence-electron chi connectivity index (χ1n) is 11.6. The van der Waals surface area contributed by atoms with E-state index in [-0.39, 0.29) is 17.5 Å². The minimum Gasteiger partial charge on any atom is -0.506 e. The molecule has 41 heavy (non-hydrogen) atoms. The third-order valence-corrected chi connectivity index (χ3v) is 4.72. The summed E-state index contributed by atoms with van der Waals surface area (Å²) in [6.45, 7) is 2.41. The molecule has 2 rings (SSSR count). The lowest BCUT2D eigenvalue weighted by atomic mass is 10.1. The number of aliphatic carboxylic acids is 4. The Morgan fingerprint density at radius 1 is 0.854 bits per heavy atom. The number of nitrogens with one attached hydrogen (secondary N) is 2. The number of hydrogen-bond donors (Lipinski definition) is 8. The minimum atomic E-state index is -1.26. The molecule has 2 atom stereocenters. The Hall–Kier alpha value is -5.21. The van der Waals surface area contributed by atoms with Crippen molar-refractivity contribution in [3.63, 3.8) is 0 Å². The van der Waals surface area contributed by atoms with E-state index in [1.807, 2.05) is 31.2 Å². The summed E-state index contributed by atoms with van der Waals surface area (Å²) >= 11 is 0. The van der Waals surface area contributed by atoms with Gasteiger partial charge in [-0.05, 0) is 48.7 Å².